The van der Waals surface area contributed by atoms with Gasteiger partial charge in [-0.25, -0.2) is 0 Å². The average Bonchev–Trinajstić information content (AvgIpc) is 2.89. The zero-order valence-electron chi connectivity index (χ0n) is 18.3. The van der Waals surface area contributed by atoms with E-state index in [1.807, 2.05) is 52.8 Å². The molecule has 3 rings (SSSR count). The highest BCUT2D eigenvalue weighted by Crippen LogP contribution is 2.36. The van der Waals surface area contributed by atoms with Crippen LogP contribution in [0.25, 0.3) is 0 Å². The molecule has 1 aliphatic rings. The molecule has 0 saturated carbocycles. The highest BCUT2D eigenvalue weighted by atomic mass is 16.7. The maximum absolute atomic E-state index is 12.9. The van der Waals surface area contributed by atoms with Gasteiger partial charge in [-0.1, -0.05) is 23.8 Å². The summed E-state index contributed by atoms with van der Waals surface area (Å²) in [4.78, 5) is 12.9. The summed E-state index contributed by atoms with van der Waals surface area (Å²) < 4.78 is 22.9. The predicted molar refractivity (Wildman–Crippen MR) is 114 cm³/mol. The molecule has 29 heavy (non-hydrogen) atoms. The molecule has 0 spiro atoms. The molecule has 1 fully saturated rings. The molecular weight excluding hydrogens is 367 g/mol. The van der Waals surface area contributed by atoms with Crippen LogP contribution in [-0.2, 0) is 15.7 Å². The Hall–Kier alpha value is -2.31. The second-order valence-corrected chi connectivity index (χ2v) is 8.48. The summed E-state index contributed by atoms with van der Waals surface area (Å²) in [6, 6.07) is 11.2. The highest BCUT2D eigenvalue weighted by molar-refractivity contribution is 6.62. The maximum atomic E-state index is 12.9. The molecule has 2 aromatic carbocycles. The van der Waals surface area contributed by atoms with Gasteiger partial charge < -0.3 is 18.8 Å². The van der Waals surface area contributed by atoms with E-state index in [-0.39, 0.29) is 12.2 Å². The van der Waals surface area contributed by atoms with E-state index in [1.54, 1.807) is 32.4 Å². The number of hydrogen-bond donors (Lipinski definition) is 0. The molecule has 1 heterocycles. The number of ketones is 1. The first-order chi connectivity index (χ1) is 13.6. The van der Waals surface area contributed by atoms with E-state index in [0.717, 1.165) is 16.6 Å². The highest BCUT2D eigenvalue weighted by Gasteiger charge is 2.52. The van der Waals surface area contributed by atoms with Gasteiger partial charge in [0, 0.05) is 18.1 Å². The Morgan fingerprint density at radius 3 is 2.00 bits per heavy atom. The number of aryl methyl sites for hydroxylation is 1. The molecule has 0 amide bonds. The van der Waals surface area contributed by atoms with Crippen LogP contribution in [0, 0.1) is 6.92 Å². The van der Waals surface area contributed by atoms with Gasteiger partial charge in [-0.05, 0) is 57.8 Å². The second-order valence-electron chi connectivity index (χ2n) is 8.48. The number of methoxy groups -OCH3 is 2. The molecule has 0 aliphatic carbocycles. The lowest BCUT2D eigenvalue weighted by molar-refractivity contribution is 0.00578. The van der Waals surface area contributed by atoms with Crippen molar-refractivity contribution in [1.82, 2.24) is 0 Å². The van der Waals surface area contributed by atoms with Gasteiger partial charge in [-0.2, -0.15) is 0 Å². The Morgan fingerprint density at radius 1 is 0.931 bits per heavy atom. The molecule has 0 atom stereocenters. The van der Waals surface area contributed by atoms with Gasteiger partial charge in [-0.3, -0.25) is 4.79 Å². The molecule has 2 aromatic rings. The summed E-state index contributed by atoms with van der Waals surface area (Å²) in [5.74, 6) is 1.18. The summed E-state index contributed by atoms with van der Waals surface area (Å²) in [7, 11) is 2.69. The van der Waals surface area contributed by atoms with E-state index in [4.69, 9.17) is 18.8 Å². The molecule has 0 radical (unpaired) electrons. The first-order valence-corrected chi connectivity index (χ1v) is 9.77. The topological polar surface area (TPSA) is 54.0 Å². The third-order valence-electron chi connectivity index (χ3n) is 5.89. The fourth-order valence-corrected chi connectivity index (χ4v) is 3.28. The minimum atomic E-state index is -0.452. The number of benzene rings is 2. The van der Waals surface area contributed by atoms with Crippen LogP contribution in [0.5, 0.6) is 11.5 Å². The lowest BCUT2D eigenvalue weighted by atomic mass is 9.75. The normalized spacial score (nSPS) is 17.3. The minimum Gasteiger partial charge on any atom is -0.497 e. The SMILES string of the molecule is COc1cc(OC)cc(C(=O)Cc2ccc(C)c(B3OC(C)(C)C(C)(C)O3)c2)c1. The Bertz CT molecular complexity index is 881. The van der Waals surface area contributed by atoms with Crippen molar-refractivity contribution in [2.75, 3.05) is 14.2 Å². The van der Waals surface area contributed by atoms with Gasteiger partial charge in [0.1, 0.15) is 11.5 Å². The van der Waals surface area contributed by atoms with Crippen molar-refractivity contribution in [3.63, 3.8) is 0 Å². The molecule has 0 aromatic heterocycles. The number of hydrogen-bond acceptors (Lipinski definition) is 5. The van der Waals surface area contributed by atoms with E-state index >= 15 is 0 Å². The third-order valence-corrected chi connectivity index (χ3v) is 5.89. The molecule has 1 saturated heterocycles. The Labute approximate surface area is 173 Å². The van der Waals surface area contributed by atoms with Gasteiger partial charge in [0.2, 0.25) is 0 Å². The van der Waals surface area contributed by atoms with Crippen molar-refractivity contribution in [1.29, 1.82) is 0 Å². The summed E-state index contributed by atoms with van der Waals surface area (Å²) in [5, 5.41) is 0. The van der Waals surface area contributed by atoms with Crippen LogP contribution in [0.3, 0.4) is 0 Å². The van der Waals surface area contributed by atoms with Gasteiger partial charge in [-0.15, -0.1) is 0 Å². The maximum Gasteiger partial charge on any atom is 0.495 e. The Balaban J connectivity index is 1.85. The fraction of sp³-hybridized carbons (Fsp3) is 0.435. The molecule has 0 bridgehead atoms. The minimum absolute atomic E-state index is 0.00841. The van der Waals surface area contributed by atoms with E-state index in [0.29, 0.717) is 17.1 Å². The number of ether oxygens (including phenoxy) is 2. The fourth-order valence-electron chi connectivity index (χ4n) is 3.28. The lowest BCUT2D eigenvalue weighted by Crippen LogP contribution is -2.41. The van der Waals surface area contributed by atoms with Crippen LogP contribution < -0.4 is 14.9 Å². The molecule has 0 unspecified atom stereocenters. The van der Waals surface area contributed by atoms with Crippen molar-refractivity contribution >= 4 is 18.4 Å². The smallest absolute Gasteiger partial charge is 0.495 e. The molecule has 154 valence electrons. The number of carbonyl (C=O) groups is 1. The van der Waals surface area contributed by atoms with Gasteiger partial charge in [0.05, 0.1) is 25.4 Å². The van der Waals surface area contributed by atoms with Crippen molar-refractivity contribution in [3.8, 4) is 11.5 Å². The quantitative estimate of drug-likeness (QED) is 0.550. The first-order valence-electron chi connectivity index (χ1n) is 9.77. The first kappa shape index (κ1) is 21.4. The zero-order chi connectivity index (χ0) is 21.4. The summed E-state index contributed by atoms with van der Waals surface area (Å²) in [6.45, 7) is 10.2. The molecular formula is C23H29BO5. The van der Waals surface area contributed by atoms with Crippen LogP contribution in [0.4, 0.5) is 0 Å². The van der Waals surface area contributed by atoms with Crippen LogP contribution >= 0.6 is 0 Å². The summed E-state index contributed by atoms with van der Waals surface area (Å²) >= 11 is 0. The number of Topliss-reactive ketones (excluding diaryl/α,β-unsaturated/α-hetero) is 1. The van der Waals surface area contributed by atoms with Crippen LogP contribution in [0.1, 0.15) is 49.2 Å². The lowest BCUT2D eigenvalue weighted by Gasteiger charge is -2.32. The molecule has 1 aliphatic heterocycles. The zero-order valence-corrected chi connectivity index (χ0v) is 18.3. The Morgan fingerprint density at radius 2 is 1.48 bits per heavy atom. The van der Waals surface area contributed by atoms with Gasteiger partial charge in [0.15, 0.2) is 5.78 Å². The standard InChI is InChI=1S/C23H29BO5/c1-15-8-9-16(10-20(15)24-28-22(2,3)23(4,5)29-24)11-21(25)17-12-18(26-6)14-19(13-17)27-7/h8-10,12-14H,11H2,1-7H3. The van der Waals surface area contributed by atoms with E-state index in [2.05, 4.69) is 0 Å². The Kier molecular flexibility index (Phi) is 5.79. The van der Waals surface area contributed by atoms with Gasteiger partial charge in [0.25, 0.3) is 0 Å². The molecule has 6 heteroatoms. The van der Waals surface area contributed by atoms with Gasteiger partial charge >= 0.3 is 7.12 Å². The van der Waals surface area contributed by atoms with Crippen molar-refractivity contribution in [2.45, 2.75) is 52.2 Å². The van der Waals surface area contributed by atoms with E-state index < -0.39 is 18.3 Å². The van der Waals surface area contributed by atoms with Crippen LogP contribution in [-0.4, -0.2) is 38.3 Å². The van der Waals surface area contributed by atoms with Crippen molar-refractivity contribution in [2.24, 2.45) is 0 Å². The third kappa shape index (κ3) is 4.33. The molecule has 0 N–H and O–H groups in total. The van der Waals surface area contributed by atoms with Crippen LogP contribution in [0.2, 0.25) is 0 Å². The number of carbonyl (C=O) groups excluding carboxylic acids is 1. The summed E-state index contributed by atoms with van der Waals surface area (Å²) in [5.41, 5.74) is 2.67. The largest absolute Gasteiger partial charge is 0.497 e. The van der Waals surface area contributed by atoms with E-state index in [9.17, 15) is 4.79 Å². The van der Waals surface area contributed by atoms with Crippen molar-refractivity contribution in [3.05, 3.63) is 53.1 Å². The summed E-state index contributed by atoms with van der Waals surface area (Å²) in [6.07, 6.45) is 0.267. The van der Waals surface area contributed by atoms with Crippen molar-refractivity contribution < 1.29 is 23.6 Å². The van der Waals surface area contributed by atoms with E-state index in [1.165, 1.54) is 0 Å². The second kappa shape index (κ2) is 7.84. The predicted octanol–water partition coefficient (Wildman–Crippen LogP) is 3.74. The molecule has 5 nitrogen and oxygen atoms in total. The average molecular weight is 396 g/mol. The number of rotatable bonds is 6. The monoisotopic (exact) mass is 396 g/mol. The van der Waals surface area contributed by atoms with Crippen LogP contribution in [0.15, 0.2) is 36.4 Å².